The molecule has 0 aliphatic heterocycles. The number of unbranched alkanes of at least 4 members (excludes halogenated alkanes) is 1. The summed E-state index contributed by atoms with van der Waals surface area (Å²) in [5, 5.41) is 14.5. The van der Waals surface area contributed by atoms with Gasteiger partial charge in [0.15, 0.2) is 0 Å². The van der Waals surface area contributed by atoms with Gasteiger partial charge in [0, 0.05) is 0 Å². The summed E-state index contributed by atoms with van der Waals surface area (Å²) in [6.45, 7) is 4.01. The molecule has 0 fully saturated rings. The van der Waals surface area contributed by atoms with Crippen LogP contribution >= 0.6 is 0 Å². The van der Waals surface area contributed by atoms with Gasteiger partial charge in [-0.1, -0.05) is 44.2 Å². The van der Waals surface area contributed by atoms with Crippen LogP contribution in [0.25, 0.3) is 0 Å². The molecule has 0 heterocycles. The van der Waals surface area contributed by atoms with Crippen molar-refractivity contribution in [1.82, 2.24) is 10.6 Å². The van der Waals surface area contributed by atoms with Crippen LogP contribution in [0.15, 0.2) is 30.3 Å². The SMILES string of the molecule is CC(C)[C@H](NC(=O)[C@@H](N)Cc1ccccc1)C(=O)N[C@@H](CCCCN)C(=O)O. The lowest BCUT2D eigenvalue weighted by Gasteiger charge is -2.25. The van der Waals surface area contributed by atoms with E-state index in [1.807, 2.05) is 30.3 Å². The van der Waals surface area contributed by atoms with Crippen molar-refractivity contribution in [2.45, 2.75) is 57.7 Å². The molecule has 3 atom stereocenters. The number of aliphatic carboxylic acids is 1. The van der Waals surface area contributed by atoms with E-state index in [4.69, 9.17) is 11.5 Å². The van der Waals surface area contributed by atoms with Gasteiger partial charge in [-0.15, -0.1) is 0 Å². The second-order valence-corrected chi connectivity index (χ2v) is 7.21. The molecule has 0 bridgehead atoms. The number of carbonyl (C=O) groups excluding carboxylic acids is 2. The number of nitrogens with one attached hydrogen (secondary N) is 2. The van der Waals surface area contributed by atoms with E-state index in [0.717, 1.165) is 5.56 Å². The molecular weight excluding hydrogens is 360 g/mol. The van der Waals surface area contributed by atoms with E-state index in [2.05, 4.69) is 10.6 Å². The summed E-state index contributed by atoms with van der Waals surface area (Å²) in [6.07, 6.45) is 1.90. The van der Waals surface area contributed by atoms with E-state index in [0.29, 0.717) is 25.8 Å². The standard InChI is InChI=1S/C20H32N4O4/c1-13(2)17(19(26)23-16(20(27)28)10-6-7-11-21)24-18(25)15(22)12-14-8-4-3-5-9-14/h3-5,8-9,13,15-17H,6-7,10-12,21-22H2,1-2H3,(H,23,26)(H,24,25)(H,27,28)/t15-,16-,17-/m0/s1. The van der Waals surface area contributed by atoms with Crippen molar-refractivity contribution in [3.63, 3.8) is 0 Å². The number of carboxylic acids is 1. The first-order chi connectivity index (χ1) is 13.3. The Morgan fingerprint density at radius 2 is 1.68 bits per heavy atom. The Morgan fingerprint density at radius 3 is 2.21 bits per heavy atom. The largest absolute Gasteiger partial charge is 0.480 e. The maximum atomic E-state index is 12.6. The van der Waals surface area contributed by atoms with E-state index >= 15 is 0 Å². The van der Waals surface area contributed by atoms with Crippen LogP contribution in [0.3, 0.4) is 0 Å². The van der Waals surface area contributed by atoms with Gasteiger partial charge in [-0.05, 0) is 43.7 Å². The summed E-state index contributed by atoms with van der Waals surface area (Å²) in [6, 6.07) is 6.65. The number of rotatable bonds is 12. The van der Waals surface area contributed by atoms with Gasteiger partial charge in [0.1, 0.15) is 12.1 Å². The fraction of sp³-hybridized carbons (Fsp3) is 0.550. The summed E-state index contributed by atoms with van der Waals surface area (Å²) >= 11 is 0. The van der Waals surface area contributed by atoms with Crippen LogP contribution in [-0.4, -0.2) is 47.6 Å². The highest BCUT2D eigenvalue weighted by Gasteiger charge is 2.29. The Morgan fingerprint density at radius 1 is 1.04 bits per heavy atom. The van der Waals surface area contributed by atoms with Crippen LogP contribution in [0, 0.1) is 5.92 Å². The van der Waals surface area contributed by atoms with Crippen LogP contribution in [0.4, 0.5) is 0 Å². The number of carboxylic acid groups (broad SMARTS) is 1. The van der Waals surface area contributed by atoms with Crippen LogP contribution in [0.5, 0.6) is 0 Å². The molecule has 0 radical (unpaired) electrons. The molecule has 0 saturated heterocycles. The van der Waals surface area contributed by atoms with Crippen molar-refractivity contribution in [2.24, 2.45) is 17.4 Å². The molecule has 0 unspecified atom stereocenters. The zero-order valence-electron chi connectivity index (χ0n) is 16.6. The predicted octanol–water partition coefficient (Wildman–Crippen LogP) is 0.396. The highest BCUT2D eigenvalue weighted by atomic mass is 16.4. The molecule has 2 amide bonds. The second kappa shape index (κ2) is 12.1. The lowest BCUT2D eigenvalue weighted by atomic mass is 10.0. The van der Waals surface area contributed by atoms with Crippen molar-refractivity contribution < 1.29 is 19.5 Å². The van der Waals surface area contributed by atoms with E-state index in [-0.39, 0.29) is 12.3 Å². The van der Waals surface area contributed by atoms with Crippen molar-refractivity contribution >= 4 is 17.8 Å². The Labute approximate surface area is 166 Å². The minimum Gasteiger partial charge on any atom is -0.480 e. The average molecular weight is 393 g/mol. The molecule has 1 rings (SSSR count). The van der Waals surface area contributed by atoms with Crippen molar-refractivity contribution in [3.8, 4) is 0 Å². The molecule has 156 valence electrons. The summed E-state index contributed by atoms with van der Waals surface area (Å²) in [5.74, 6) is -2.32. The van der Waals surface area contributed by atoms with Crippen LogP contribution < -0.4 is 22.1 Å². The van der Waals surface area contributed by atoms with Gasteiger partial charge in [0.2, 0.25) is 11.8 Å². The Hall–Kier alpha value is -2.45. The molecule has 28 heavy (non-hydrogen) atoms. The number of hydrogen-bond acceptors (Lipinski definition) is 5. The Balaban J connectivity index is 2.70. The molecule has 8 nitrogen and oxygen atoms in total. The van der Waals surface area contributed by atoms with E-state index in [1.54, 1.807) is 13.8 Å². The minimum absolute atomic E-state index is 0.230. The first kappa shape index (κ1) is 23.6. The quantitative estimate of drug-likeness (QED) is 0.325. The van der Waals surface area contributed by atoms with Crippen LogP contribution in [0.1, 0.15) is 38.7 Å². The molecule has 0 spiro atoms. The third-order valence-electron chi connectivity index (χ3n) is 4.44. The van der Waals surface area contributed by atoms with Gasteiger partial charge in [0.25, 0.3) is 0 Å². The van der Waals surface area contributed by atoms with E-state index in [1.165, 1.54) is 0 Å². The first-order valence-corrected chi connectivity index (χ1v) is 9.59. The maximum Gasteiger partial charge on any atom is 0.326 e. The van der Waals surface area contributed by atoms with Crippen LogP contribution in [-0.2, 0) is 20.8 Å². The minimum atomic E-state index is -1.11. The summed E-state index contributed by atoms with van der Waals surface area (Å²) in [7, 11) is 0. The highest BCUT2D eigenvalue weighted by molar-refractivity contribution is 5.92. The van der Waals surface area contributed by atoms with Crippen molar-refractivity contribution in [3.05, 3.63) is 35.9 Å². The van der Waals surface area contributed by atoms with Gasteiger partial charge in [-0.3, -0.25) is 9.59 Å². The lowest BCUT2D eigenvalue weighted by Crippen LogP contribution is -2.56. The summed E-state index contributed by atoms with van der Waals surface area (Å²) in [4.78, 5) is 36.4. The number of amides is 2. The fourth-order valence-corrected chi connectivity index (χ4v) is 2.77. The molecule has 0 saturated carbocycles. The molecule has 0 aromatic heterocycles. The van der Waals surface area contributed by atoms with Crippen LogP contribution in [0.2, 0.25) is 0 Å². The molecule has 0 aliphatic rings. The van der Waals surface area contributed by atoms with Gasteiger partial charge >= 0.3 is 5.97 Å². The monoisotopic (exact) mass is 392 g/mol. The third-order valence-corrected chi connectivity index (χ3v) is 4.44. The first-order valence-electron chi connectivity index (χ1n) is 9.59. The Bertz CT molecular complexity index is 636. The molecule has 1 aromatic carbocycles. The maximum absolute atomic E-state index is 12.6. The third kappa shape index (κ3) is 8.06. The topological polar surface area (TPSA) is 148 Å². The fourth-order valence-electron chi connectivity index (χ4n) is 2.77. The second-order valence-electron chi connectivity index (χ2n) is 7.21. The number of nitrogens with two attached hydrogens (primary N) is 2. The zero-order valence-corrected chi connectivity index (χ0v) is 16.6. The van der Waals surface area contributed by atoms with Crippen molar-refractivity contribution in [2.75, 3.05) is 6.54 Å². The van der Waals surface area contributed by atoms with Gasteiger partial charge < -0.3 is 27.2 Å². The number of benzene rings is 1. The average Bonchev–Trinajstić information content (AvgIpc) is 2.65. The number of hydrogen-bond donors (Lipinski definition) is 5. The Kier molecular flexibility index (Phi) is 10.2. The van der Waals surface area contributed by atoms with Gasteiger partial charge in [-0.2, -0.15) is 0 Å². The lowest BCUT2D eigenvalue weighted by molar-refractivity contribution is -0.142. The van der Waals surface area contributed by atoms with E-state index < -0.39 is 35.9 Å². The molecule has 7 N–H and O–H groups in total. The molecule has 8 heteroatoms. The zero-order chi connectivity index (χ0) is 21.1. The highest BCUT2D eigenvalue weighted by Crippen LogP contribution is 2.07. The molecule has 0 aliphatic carbocycles. The molecule has 1 aromatic rings. The van der Waals surface area contributed by atoms with E-state index in [9.17, 15) is 19.5 Å². The number of carbonyl (C=O) groups is 3. The predicted molar refractivity (Wildman–Crippen MR) is 107 cm³/mol. The van der Waals surface area contributed by atoms with Gasteiger partial charge in [0.05, 0.1) is 6.04 Å². The molecular formula is C20H32N4O4. The van der Waals surface area contributed by atoms with Gasteiger partial charge in [-0.25, -0.2) is 4.79 Å². The normalized spacial score (nSPS) is 14.2. The smallest absolute Gasteiger partial charge is 0.326 e. The summed E-state index contributed by atoms with van der Waals surface area (Å²) < 4.78 is 0. The van der Waals surface area contributed by atoms with Crippen molar-refractivity contribution in [1.29, 1.82) is 0 Å². The summed E-state index contributed by atoms with van der Waals surface area (Å²) in [5.41, 5.74) is 12.3.